The van der Waals surface area contributed by atoms with Crippen LogP contribution in [0.2, 0.25) is 0 Å². The molecule has 1 heterocycles. The molecule has 0 saturated carbocycles. The van der Waals surface area contributed by atoms with E-state index in [9.17, 15) is 0 Å². The first-order valence-corrected chi connectivity index (χ1v) is 4.71. The first kappa shape index (κ1) is 9.06. The van der Waals surface area contributed by atoms with Gasteiger partial charge in [-0.25, -0.2) is 4.98 Å². The molecule has 66 valence electrons. The summed E-state index contributed by atoms with van der Waals surface area (Å²) in [7, 11) is 0. The Morgan fingerprint density at radius 3 is 3.17 bits per heavy atom. The lowest BCUT2D eigenvalue weighted by Gasteiger charge is -1.98. The number of hydrogen-bond acceptors (Lipinski definition) is 4. The van der Waals surface area contributed by atoms with Gasteiger partial charge < -0.3 is 11.1 Å². The molecule has 1 aromatic heterocycles. The first-order chi connectivity index (χ1) is 5.84. The Bertz CT molecular complexity index is 255. The van der Waals surface area contributed by atoms with Gasteiger partial charge in [-0.3, -0.25) is 0 Å². The summed E-state index contributed by atoms with van der Waals surface area (Å²) in [6.07, 6.45) is 4.26. The van der Waals surface area contributed by atoms with Crippen LogP contribution >= 0.6 is 11.3 Å². The van der Waals surface area contributed by atoms with Crippen LogP contribution in [0.15, 0.2) is 17.9 Å². The number of thiazole rings is 1. The van der Waals surface area contributed by atoms with E-state index >= 15 is 0 Å². The highest BCUT2D eigenvalue weighted by molar-refractivity contribution is 7.09. The lowest BCUT2D eigenvalue weighted by Crippen LogP contribution is -2.10. The first-order valence-electron chi connectivity index (χ1n) is 3.83. The lowest BCUT2D eigenvalue weighted by atomic mass is 10.3. The van der Waals surface area contributed by atoms with Crippen LogP contribution in [0.3, 0.4) is 0 Å². The summed E-state index contributed by atoms with van der Waals surface area (Å²) in [6.45, 7) is 2.95. The van der Waals surface area contributed by atoms with Crippen molar-refractivity contribution in [2.24, 2.45) is 5.73 Å². The van der Waals surface area contributed by atoms with Gasteiger partial charge in [-0.15, -0.1) is 11.3 Å². The van der Waals surface area contributed by atoms with Gasteiger partial charge in [0, 0.05) is 30.2 Å². The van der Waals surface area contributed by atoms with Crippen molar-refractivity contribution >= 4 is 11.3 Å². The Morgan fingerprint density at radius 1 is 1.75 bits per heavy atom. The number of rotatable bonds is 4. The molecule has 0 fully saturated rings. The van der Waals surface area contributed by atoms with Crippen LogP contribution in [0.25, 0.3) is 0 Å². The van der Waals surface area contributed by atoms with Gasteiger partial charge in [0.05, 0.1) is 11.2 Å². The van der Waals surface area contributed by atoms with E-state index < -0.39 is 0 Å². The third-order valence-electron chi connectivity index (χ3n) is 1.56. The molecule has 0 radical (unpaired) electrons. The minimum atomic E-state index is 0.913. The normalized spacial score (nSPS) is 10.8. The fraction of sp³-hybridized carbons (Fsp3) is 0.375. The topological polar surface area (TPSA) is 50.9 Å². The Labute approximate surface area is 76.3 Å². The highest BCUT2D eigenvalue weighted by Gasteiger charge is 1.98. The second kappa shape index (κ2) is 4.77. The van der Waals surface area contributed by atoms with Crippen molar-refractivity contribution in [3.8, 4) is 0 Å². The van der Waals surface area contributed by atoms with Crippen LogP contribution in [-0.2, 0) is 6.42 Å². The van der Waals surface area contributed by atoms with Gasteiger partial charge in [0.25, 0.3) is 0 Å². The van der Waals surface area contributed by atoms with Gasteiger partial charge in [-0.1, -0.05) is 0 Å². The van der Waals surface area contributed by atoms with Gasteiger partial charge in [0.15, 0.2) is 0 Å². The zero-order valence-corrected chi connectivity index (χ0v) is 7.90. The highest BCUT2D eigenvalue weighted by atomic mass is 32.1. The van der Waals surface area contributed by atoms with E-state index in [0.29, 0.717) is 0 Å². The summed E-state index contributed by atoms with van der Waals surface area (Å²) in [5.41, 5.74) is 8.18. The predicted molar refractivity (Wildman–Crippen MR) is 51.9 cm³/mol. The molecule has 0 atom stereocenters. The molecule has 0 aliphatic carbocycles. The van der Waals surface area contributed by atoms with Crippen LogP contribution in [-0.4, -0.2) is 11.5 Å². The highest BCUT2D eigenvalue weighted by Crippen LogP contribution is 2.11. The van der Waals surface area contributed by atoms with E-state index in [1.165, 1.54) is 11.1 Å². The average molecular weight is 183 g/mol. The van der Waals surface area contributed by atoms with Crippen molar-refractivity contribution < 1.29 is 0 Å². The molecule has 3 nitrogen and oxygen atoms in total. The van der Waals surface area contributed by atoms with Crippen molar-refractivity contribution in [3.63, 3.8) is 0 Å². The van der Waals surface area contributed by atoms with Crippen LogP contribution in [0.5, 0.6) is 0 Å². The molecular formula is C8H13N3S. The maximum atomic E-state index is 5.17. The van der Waals surface area contributed by atoms with E-state index in [1.54, 1.807) is 17.5 Å². The molecule has 1 aromatic rings. The fourth-order valence-corrected chi connectivity index (χ4v) is 1.68. The van der Waals surface area contributed by atoms with Crippen LogP contribution in [0.1, 0.15) is 10.6 Å². The molecule has 0 bridgehead atoms. The van der Waals surface area contributed by atoms with Crippen molar-refractivity contribution in [1.82, 2.24) is 10.3 Å². The number of aromatic nitrogens is 1. The minimum Gasteiger partial charge on any atom is -0.403 e. The Balaban J connectivity index is 2.28. The number of aryl methyl sites for hydroxylation is 1. The largest absolute Gasteiger partial charge is 0.403 e. The molecule has 0 amide bonds. The van der Waals surface area contributed by atoms with E-state index in [-0.39, 0.29) is 0 Å². The molecule has 1 rings (SSSR count). The summed E-state index contributed by atoms with van der Waals surface area (Å²) < 4.78 is 0. The second-order valence-corrected chi connectivity index (χ2v) is 3.36. The second-order valence-electron chi connectivity index (χ2n) is 2.42. The molecule has 0 aliphatic heterocycles. The molecule has 12 heavy (non-hydrogen) atoms. The molecule has 0 unspecified atom stereocenters. The SMILES string of the molecule is Cc1ncsc1CCN/C=C\N. The summed E-state index contributed by atoms with van der Waals surface area (Å²) in [5, 5.41) is 3.07. The summed E-state index contributed by atoms with van der Waals surface area (Å²) in [5.74, 6) is 0. The number of nitrogens with one attached hydrogen (secondary N) is 1. The Hall–Kier alpha value is -1.03. The fourth-order valence-electron chi connectivity index (χ4n) is 0.903. The van der Waals surface area contributed by atoms with E-state index in [2.05, 4.69) is 10.3 Å². The molecular weight excluding hydrogens is 170 g/mol. The third-order valence-corrected chi connectivity index (χ3v) is 2.55. The van der Waals surface area contributed by atoms with Gasteiger partial charge in [0.2, 0.25) is 0 Å². The van der Waals surface area contributed by atoms with Crippen molar-refractivity contribution in [2.75, 3.05) is 6.54 Å². The van der Waals surface area contributed by atoms with Gasteiger partial charge in [-0.05, 0) is 6.92 Å². The average Bonchev–Trinajstić information content (AvgIpc) is 2.46. The van der Waals surface area contributed by atoms with E-state index in [4.69, 9.17) is 5.73 Å². The smallest absolute Gasteiger partial charge is 0.0797 e. The van der Waals surface area contributed by atoms with Crippen LogP contribution in [0, 0.1) is 6.92 Å². The maximum Gasteiger partial charge on any atom is 0.0797 e. The van der Waals surface area contributed by atoms with E-state index in [0.717, 1.165) is 18.7 Å². The summed E-state index contributed by atoms with van der Waals surface area (Å²) in [6, 6.07) is 0. The standard InChI is InChI=1S/C8H13N3S/c1-7-8(12-6-11-7)2-4-10-5-3-9/h3,5-6,10H,2,4,9H2,1H3/b5-3-. The van der Waals surface area contributed by atoms with E-state index in [1.807, 2.05) is 12.4 Å². The number of hydrogen-bond donors (Lipinski definition) is 2. The van der Waals surface area contributed by atoms with Crippen molar-refractivity contribution in [1.29, 1.82) is 0 Å². The number of nitrogens with zero attached hydrogens (tertiary/aromatic N) is 1. The number of nitrogens with two attached hydrogens (primary N) is 1. The minimum absolute atomic E-state index is 0.913. The summed E-state index contributed by atoms with van der Waals surface area (Å²) >= 11 is 1.70. The van der Waals surface area contributed by atoms with Crippen molar-refractivity contribution in [3.05, 3.63) is 28.5 Å². The van der Waals surface area contributed by atoms with Gasteiger partial charge in [-0.2, -0.15) is 0 Å². The monoisotopic (exact) mass is 183 g/mol. The predicted octanol–water partition coefficient (Wildman–Crippen LogP) is 1.01. The maximum absolute atomic E-state index is 5.17. The molecule has 4 heteroatoms. The zero-order valence-electron chi connectivity index (χ0n) is 7.08. The molecule has 0 spiro atoms. The molecule has 0 aromatic carbocycles. The summed E-state index contributed by atoms with van der Waals surface area (Å²) in [4.78, 5) is 5.50. The molecule has 3 N–H and O–H groups in total. The van der Waals surface area contributed by atoms with Gasteiger partial charge >= 0.3 is 0 Å². The molecule has 0 saturated heterocycles. The Morgan fingerprint density at radius 2 is 2.58 bits per heavy atom. The Kier molecular flexibility index (Phi) is 3.60. The van der Waals surface area contributed by atoms with Crippen molar-refractivity contribution in [2.45, 2.75) is 13.3 Å². The van der Waals surface area contributed by atoms with Crippen LogP contribution < -0.4 is 11.1 Å². The third kappa shape index (κ3) is 2.54. The lowest BCUT2D eigenvalue weighted by molar-refractivity contribution is 0.833. The van der Waals surface area contributed by atoms with Crippen LogP contribution in [0.4, 0.5) is 0 Å². The molecule has 0 aliphatic rings. The van der Waals surface area contributed by atoms with Gasteiger partial charge in [0.1, 0.15) is 0 Å². The zero-order chi connectivity index (χ0) is 8.81. The quantitative estimate of drug-likeness (QED) is 0.685.